The van der Waals surface area contributed by atoms with E-state index < -0.39 is 18.3 Å². The van der Waals surface area contributed by atoms with Crippen molar-refractivity contribution in [2.45, 2.75) is 63.3 Å². The zero-order valence-electron chi connectivity index (χ0n) is 24.8. The van der Waals surface area contributed by atoms with E-state index in [1.165, 1.54) is 0 Å². The van der Waals surface area contributed by atoms with Crippen LogP contribution in [0.4, 0.5) is 5.69 Å². The summed E-state index contributed by atoms with van der Waals surface area (Å²) in [6, 6.07) is 21.5. The smallest absolute Gasteiger partial charge is 0.243 e. The minimum atomic E-state index is -0.785. The van der Waals surface area contributed by atoms with Crippen LogP contribution in [0.2, 0.25) is 0 Å². The van der Waals surface area contributed by atoms with Gasteiger partial charge in [0.2, 0.25) is 11.8 Å². The largest absolute Gasteiger partial charge is 0.508 e. The van der Waals surface area contributed by atoms with Crippen LogP contribution in [0.1, 0.15) is 72.9 Å². The summed E-state index contributed by atoms with van der Waals surface area (Å²) < 4.78 is 12.8. The molecule has 11 heteroatoms. The molecule has 1 saturated heterocycles. The Kier molecular flexibility index (Phi) is 12.2. The van der Waals surface area contributed by atoms with Crippen LogP contribution in [0.5, 0.6) is 5.75 Å². The summed E-state index contributed by atoms with van der Waals surface area (Å²) in [4.78, 5) is 25.4. The number of likely N-dealkylation sites (N-methyl/N-ethyl adjacent to an activating group) is 1. The minimum absolute atomic E-state index is 0.0454. The summed E-state index contributed by atoms with van der Waals surface area (Å²) in [6.45, 7) is 0.818. The number of hydroxylamine groups is 1. The predicted molar refractivity (Wildman–Crippen MR) is 162 cm³/mol. The molecule has 236 valence electrons. The number of phenols is 1. The molecule has 1 aliphatic heterocycles. The third kappa shape index (κ3) is 9.84. The van der Waals surface area contributed by atoms with E-state index in [2.05, 4.69) is 5.32 Å². The highest BCUT2D eigenvalue weighted by Gasteiger charge is 2.33. The monoisotopic (exact) mass is 607 g/mol. The van der Waals surface area contributed by atoms with Crippen LogP contribution in [0.15, 0.2) is 72.8 Å². The molecular weight excluding hydrogens is 566 g/mol. The van der Waals surface area contributed by atoms with Gasteiger partial charge in [-0.2, -0.15) is 0 Å². The molecule has 0 saturated carbocycles. The van der Waals surface area contributed by atoms with Gasteiger partial charge in [0.25, 0.3) is 0 Å². The summed E-state index contributed by atoms with van der Waals surface area (Å²) in [7, 11) is 1.91. The lowest BCUT2D eigenvalue weighted by atomic mass is 9.99. The highest BCUT2D eigenvalue weighted by molar-refractivity contribution is 5.90. The summed E-state index contributed by atoms with van der Waals surface area (Å²) in [5.41, 5.74) is 5.38. The number of nitrogens with one attached hydrogen (secondary N) is 2. The van der Waals surface area contributed by atoms with E-state index in [1.54, 1.807) is 41.9 Å². The molecule has 1 aliphatic rings. The number of aliphatic hydroxyl groups excluding tert-OH is 2. The van der Waals surface area contributed by atoms with Gasteiger partial charge < -0.3 is 35.0 Å². The van der Waals surface area contributed by atoms with Crippen LogP contribution in [0, 0.1) is 0 Å². The maximum Gasteiger partial charge on any atom is 0.243 e. The normalized spacial score (nSPS) is 19.0. The predicted octanol–water partition coefficient (Wildman–Crippen LogP) is 4.10. The van der Waals surface area contributed by atoms with Gasteiger partial charge in [-0.1, -0.05) is 48.5 Å². The number of nitrogens with zero attached hydrogens (tertiary/aromatic N) is 1. The third-order valence-corrected chi connectivity index (χ3v) is 7.52. The number of aliphatic hydroxyl groups is 2. The van der Waals surface area contributed by atoms with Crippen molar-refractivity contribution in [2.75, 3.05) is 25.5 Å². The fourth-order valence-corrected chi connectivity index (χ4v) is 5.16. The topological polar surface area (TPSA) is 161 Å². The lowest BCUT2D eigenvalue weighted by Crippen LogP contribution is -2.39. The average Bonchev–Trinajstić information content (AvgIpc) is 3.03. The van der Waals surface area contributed by atoms with Crippen molar-refractivity contribution >= 4 is 17.5 Å². The zero-order valence-corrected chi connectivity index (χ0v) is 24.8. The standard InChI is InChI=1S/C33H41N3O8/c1-36(20-29(39)25-5-4-6-27(38)17-25)19-28-18-30(23-11-9-22(21-37)10-12-23)44-33(43-28)24-13-15-26(16-14-24)34-31(40)7-2-3-8-32(41)35-42/h4-6,9-17,28-30,33,37-39,42H,2-3,7-8,18-21H2,1H3,(H,34,40)(H,35,41)/t28-,29+,30+,33+/m0/s1. The molecule has 0 spiro atoms. The molecule has 4 atom stereocenters. The van der Waals surface area contributed by atoms with E-state index in [1.807, 2.05) is 48.3 Å². The molecule has 0 radical (unpaired) electrons. The number of unbranched alkanes of at least 4 members (excludes halogenated alkanes) is 1. The molecule has 2 amide bonds. The lowest BCUT2D eigenvalue weighted by Gasteiger charge is -2.38. The van der Waals surface area contributed by atoms with Crippen molar-refractivity contribution in [3.8, 4) is 5.75 Å². The van der Waals surface area contributed by atoms with Gasteiger partial charge in [0.1, 0.15) is 5.75 Å². The van der Waals surface area contributed by atoms with E-state index in [0.717, 1.165) is 16.7 Å². The molecular formula is C33H41N3O8. The minimum Gasteiger partial charge on any atom is -0.508 e. The Balaban J connectivity index is 1.40. The molecule has 0 bridgehead atoms. The highest BCUT2D eigenvalue weighted by Crippen LogP contribution is 2.38. The van der Waals surface area contributed by atoms with Gasteiger partial charge in [0, 0.05) is 43.6 Å². The Bertz CT molecular complexity index is 1350. The van der Waals surface area contributed by atoms with Crippen LogP contribution < -0.4 is 10.8 Å². The number of benzene rings is 3. The van der Waals surface area contributed by atoms with E-state index in [-0.39, 0.29) is 43.3 Å². The first-order valence-corrected chi connectivity index (χ1v) is 14.7. The molecule has 0 unspecified atom stereocenters. The van der Waals surface area contributed by atoms with Crippen molar-refractivity contribution in [2.24, 2.45) is 0 Å². The summed E-state index contributed by atoms with van der Waals surface area (Å²) in [5.74, 6) is -0.544. The van der Waals surface area contributed by atoms with Crippen LogP contribution in [0.3, 0.4) is 0 Å². The van der Waals surface area contributed by atoms with Gasteiger partial charge in [-0.25, -0.2) is 5.48 Å². The third-order valence-electron chi connectivity index (χ3n) is 7.52. The van der Waals surface area contributed by atoms with Crippen molar-refractivity contribution in [3.63, 3.8) is 0 Å². The maximum absolute atomic E-state index is 12.3. The molecule has 1 fully saturated rings. The van der Waals surface area contributed by atoms with E-state index in [9.17, 15) is 24.9 Å². The summed E-state index contributed by atoms with van der Waals surface area (Å²) in [5, 5.41) is 41.4. The molecule has 0 aromatic heterocycles. The Labute approximate surface area is 257 Å². The van der Waals surface area contributed by atoms with Gasteiger partial charge in [-0.15, -0.1) is 0 Å². The number of rotatable bonds is 14. The fraction of sp³-hybridized carbons (Fsp3) is 0.394. The molecule has 6 N–H and O–H groups in total. The van der Waals surface area contributed by atoms with Gasteiger partial charge in [-0.05, 0) is 60.8 Å². The SMILES string of the molecule is CN(C[C@@H]1C[C@H](c2ccc(CO)cc2)O[C@H](c2ccc(NC(=O)CCCCC(=O)NO)cc2)O1)C[C@@H](O)c1cccc(O)c1. The Morgan fingerprint density at radius 1 is 0.955 bits per heavy atom. The number of amides is 2. The fourth-order valence-electron chi connectivity index (χ4n) is 5.16. The number of aromatic hydroxyl groups is 1. The van der Waals surface area contributed by atoms with E-state index >= 15 is 0 Å². The van der Waals surface area contributed by atoms with Crippen molar-refractivity contribution in [1.29, 1.82) is 0 Å². The molecule has 11 nitrogen and oxygen atoms in total. The van der Waals surface area contributed by atoms with Crippen LogP contribution in [0.25, 0.3) is 0 Å². The quantitative estimate of drug-likeness (QED) is 0.0901. The van der Waals surface area contributed by atoms with Gasteiger partial charge in [0.15, 0.2) is 6.29 Å². The molecule has 3 aromatic carbocycles. The summed E-state index contributed by atoms with van der Waals surface area (Å²) >= 11 is 0. The van der Waals surface area contributed by atoms with Gasteiger partial charge in [-0.3, -0.25) is 14.8 Å². The molecule has 3 aromatic rings. The number of carbonyl (C=O) groups is 2. The van der Waals surface area contributed by atoms with Crippen LogP contribution in [-0.2, 0) is 25.7 Å². The molecule has 4 rings (SSSR count). The number of hydrogen-bond acceptors (Lipinski definition) is 9. The van der Waals surface area contributed by atoms with Crippen LogP contribution >= 0.6 is 0 Å². The molecule has 1 heterocycles. The first kappa shape index (κ1) is 33.1. The van der Waals surface area contributed by atoms with Crippen molar-refractivity contribution in [3.05, 3.63) is 95.1 Å². The van der Waals surface area contributed by atoms with Crippen molar-refractivity contribution in [1.82, 2.24) is 10.4 Å². The Hall–Kier alpha value is -3.84. The van der Waals surface area contributed by atoms with Gasteiger partial charge in [0.05, 0.1) is 24.9 Å². The number of anilines is 1. The van der Waals surface area contributed by atoms with E-state index in [4.69, 9.17) is 14.7 Å². The Morgan fingerprint density at radius 2 is 1.64 bits per heavy atom. The first-order chi connectivity index (χ1) is 21.2. The number of phenolic OH excluding ortho intramolecular Hbond substituents is 1. The van der Waals surface area contributed by atoms with Crippen molar-refractivity contribution < 1.29 is 39.6 Å². The number of carbonyl (C=O) groups excluding carboxylic acids is 2. The molecule has 44 heavy (non-hydrogen) atoms. The lowest BCUT2D eigenvalue weighted by molar-refractivity contribution is -0.252. The zero-order chi connectivity index (χ0) is 31.5. The average molecular weight is 608 g/mol. The number of hydrogen-bond donors (Lipinski definition) is 6. The second-order valence-electron chi connectivity index (χ2n) is 11.1. The number of ether oxygens (including phenoxy) is 2. The second kappa shape index (κ2) is 16.3. The van der Waals surface area contributed by atoms with E-state index in [0.29, 0.717) is 43.6 Å². The highest BCUT2D eigenvalue weighted by atomic mass is 16.7. The Morgan fingerprint density at radius 3 is 2.30 bits per heavy atom. The van der Waals surface area contributed by atoms with Crippen LogP contribution in [-0.4, -0.2) is 63.5 Å². The van der Waals surface area contributed by atoms with Gasteiger partial charge >= 0.3 is 0 Å². The summed E-state index contributed by atoms with van der Waals surface area (Å²) in [6.07, 6.45) is 0.0222. The first-order valence-electron chi connectivity index (χ1n) is 14.7. The second-order valence-corrected chi connectivity index (χ2v) is 11.1. The maximum atomic E-state index is 12.3. The molecule has 0 aliphatic carbocycles.